The highest BCUT2D eigenvalue weighted by atomic mass is 16.5. The number of rotatable bonds is 7. The minimum Gasteiger partial charge on any atom is -0.497 e. The predicted molar refractivity (Wildman–Crippen MR) is 101 cm³/mol. The first-order valence-corrected chi connectivity index (χ1v) is 9.28. The summed E-state index contributed by atoms with van der Waals surface area (Å²) in [4.78, 5) is 11.3. The van der Waals surface area contributed by atoms with Crippen molar-refractivity contribution in [2.45, 2.75) is 37.9 Å². The molecular weight excluding hydrogens is 328 g/mol. The van der Waals surface area contributed by atoms with Gasteiger partial charge in [-0.2, -0.15) is 0 Å². The number of fused-ring (bicyclic) bond motifs is 2. The van der Waals surface area contributed by atoms with E-state index in [0.29, 0.717) is 24.6 Å². The number of ether oxygens (including phenoxy) is 2. The Kier molecular flexibility index (Phi) is 4.93. The summed E-state index contributed by atoms with van der Waals surface area (Å²) in [5.74, 6) is 3.08. The van der Waals surface area contributed by atoms with Crippen LogP contribution >= 0.6 is 0 Å². The zero-order valence-electron chi connectivity index (χ0n) is 15.4. The largest absolute Gasteiger partial charge is 0.497 e. The minimum absolute atomic E-state index is 0.448. The molecule has 1 aromatic heterocycles. The monoisotopic (exact) mass is 354 g/mol. The van der Waals surface area contributed by atoms with Crippen LogP contribution in [0, 0.1) is 5.92 Å². The molecular formula is C20H26N4O2. The fourth-order valence-corrected chi connectivity index (χ4v) is 4.31. The Hall–Kier alpha value is -2.34. The average molecular weight is 354 g/mol. The van der Waals surface area contributed by atoms with Crippen LogP contribution < -0.4 is 14.8 Å². The Bertz CT molecular complexity index is 737. The highest BCUT2D eigenvalue weighted by Crippen LogP contribution is 2.43. The van der Waals surface area contributed by atoms with Gasteiger partial charge >= 0.3 is 0 Å². The maximum absolute atomic E-state index is 6.13. The van der Waals surface area contributed by atoms with E-state index in [4.69, 9.17) is 9.47 Å². The molecule has 2 aliphatic rings. The number of likely N-dealkylation sites (tertiary alicyclic amines) is 1. The summed E-state index contributed by atoms with van der Waals surface area (Å²) in [6, 6.07) is 8.94. The molecule has 1 aromatic carbocycles. The van der Waals surface area contributed by atoms with Gasteiger partial charge < -0.3 is 14.8 Å². The first-order valence-electron chi connectivity index (χ1n) is 9.28. The van der Waals surface area contributed by atoms with E-state index >= 15 is 0 Å². The van der Waals surface area contributed by atoms with Crippen LogP contribution in [0.25, 0.3) is 0 Å². The molecule has 3 atom stereocenters. The van der Waals surface area contributed by atoms with Gasteiger partial charge in [-0.3, -0.25) is 4.90 Å². The van der Waals surface area contributed by atoms with Gasteiger partial charge in [-0.1, -0.05) is 6.07 Å². The summed E-state index contributed by atoms with van der Waals surface area (Å²) in [5, 5.41) is 2.97. The fourth-order valence-electron chi connectivity index (χ4n) is 4.31. The summed E-state index contributed by atoms with van der Waals surface area (Å²) in [6.45, 7) is 1.60. The maximum atomic E-state index is 6.13. The van der Waals surface area contributed by atoms with Gasteiger partial charge in [0.1, 0.15) is 18.1 Å². The molecule has 6 nitrogen and oxygen atoms in total. The van der Waals surface area contributed by atoms with E-state index in [1.165, 1.54) is 19.3 Å². The van der Waals surface area contributed by atoms with E-state index in [9.17, 15) is 0 Å². The molecule has 6 heteroatoms. The third-order valence-electron chi connectivity index (χ3n) is 5.64. The quantitative estimate of drug-likeness (QED) is 0.825. The van der Waals surface area contributed by atoms with E-state index < -0.39 is 0 Å². The maximum Gasteiger partial charge on any atom is 0.222 e. The molecule has 2 heterocycles. The molecule has 1 N–H and O–H groups in total. The average Bonchev–Trinajstić information content (AvgIpc) is 3.29. The Morgan fingerprint density at radius 3 is 2.77 bits per heavy atom. The van der Waals surface area contributed by atoms with Crippen molar-refractivity contribution >= 4 is 5.95 Å². The third kappa shape index (κ3) is 3.46. The molecule has 1 aliphatic carbocycles. The van der Waals surface area contributed by atoms with Crippen molar-refractivity contribution < 1.29 is 9.47 Å². The minimum atomic E-state index is 0.448. The van der Waals surface area contributed by atoms with Crippen molar-refractivity contribution in [3.63, 3.8) is 0 Å². The van der Waals surface area contributed by atoms with Crippen molar-refractivity contribution in [1.29, 1.82) is 0 Å². The first kappa shape index (κ1) is 17.1. The number of anilines is 1. The number of aromatic nitrogens is 2. The molecule has 0 radical (unpaired) electrons. The van der Waals surface area contributed by atoms with Crippen molar-refractivity contribution in [3.8, 4) is 11.5 Å². The Morgan fingerprint density at radius 1 is 1.19 bits per heavy atom. The smallest absolute Gasteiger partial charge is 0.222 e. The number of piperidine rings is 1. The van der Waals surface area contributed by atoms with Gasteiger partial charge in [-0.05, 0) is 37.3 Å². The molecule has 2 fully saturated rings. The summed E-state index contributed by atoms with van der Waals surface area (Å²) in [5.41, 5.74) is 1.16. The molecule has 1 aliphatic heterocycles. The summed E-state index contributed by atoms with van der Waals surface area (Å²) < 4.78 is 11.4. The Morgan fingerprint density at radius 2 is 2.00 bits per heavy atom. The van der Waals surface area contributed by atoms with Gasteiger partial charge in [0, 0.05) is 49.7 Å². The number of hydrogen-bond donors (Lipinski definition) is 1. The van der Waals surface area contributed by atoms with Crippen LogP contribution in [0.1, 0.15) is 24.8 Å². The van der Waals surface area contributed by atoms with E-state index in [-0.39, 0.29) is 0 Å². The second kappa shape index (κ2) is 7.50. The van der Waals surface area contributed by atoms with E-state index in [0.717, 1.165) is 29.5 Å². The number of benzene rings is 1. The van der Waals surface area contributed by atoms with Crippen LogP contribution in [0.15, 0.2) is 36.7 Å². The SMILES string of the molecule is CNc1ncc(CN2[C@@H]3CC[C@H](C3)[C@@H]2COc2cccc(OC)c2)cn1. The van der Waals surface area contributed by atoms with Crippen molar-refractivity contribution in [3.05, 3.63) is 42.2 Å². The highest BCUT2D eigenvalue weighted by molar-refractivity contribution is 5.33. The highest BCUT2D eigenvalue weighted by Gasteiger charge is 2.45. The van der Waals surface area contributed by atoms with Crippen LogP contribution in [0.5, 0.6) is 11.5 Å². The molecule has 0 spiro atoms. The van der Waals surface area contributed by atoms with Crippen LogP contribution in [0.4, 0.5) is 5.95 Å². The van der Waals surface area contributed by atoms with Crippen molar-refractivity contribution in [2.24, 2.45) is 5.92 Å². The fraction of sp³-hybridized carbons (Fsp3) is 0.500. The Balaban J connectivity index is 1.43. The lowest BCUT2D eigenvalue weighted by molar-refractivity contribution is 0.0865. The van der Waals surface area contributed by atoms with Gasteiger partial charge in [0.25, 0.3) is 0 Å². The molecule has 1 saturated carbocycles. The first-order chi connectivity index (χ1) is 12.8. The molecule has 2 aromatic rings. The van der Waals surface area contributed by atoms with Crippen LogP contribution in [-0.2, 0) is 6.54 Å². The van der Waals surface area contributed by atoms with Gasteiger partial charge in [-0.25, -0.2) is 9.97 Å². The number of methoxy groups -OCH3 is 1. The second-order valence-electron chi connectivity index (χ2n) is 7.12. The van der Waals surface area contributed by atoms with Crippen molar-refractivity contribution in [1.82, 2.24) is 14.9 Å². The summed E-state index contributed by atoms with van der Waals surface area (Å²) in [6.07, 6.45) is 7.72. The van der Waals surface area contributed by atoms with E-state index in [1.807, 2.05) is 43.7 Å². The Labute approximate surface area is 154 Å². The molecule has 0 amide bonds. The molecule has 138 valence electrons. The zero-order chi connectivity index (χ0) is 17.9. The lowest BCUT2D eigenvalue weighted by Gasteiger charge is -2.35. The van der Waals surface area contributed by atoms with Crippen molar-refractivity contribution in [2.75, 3.05) is 26.1 Å². The topological polar surface area (TPSA) is 59.5 Å². The number of nitrogens with one attached hydrogen (secondary N) is 1. The van der Waals surface area contributed by atoms with Gasteiger partial charge in [0.15, 0.2) is 0 Å². The molecule has 0 unspecified atom stereocenters. The lowest BCUT2D eigenvalue weighted by atomic mass is 9.99. The lowest BCUT2D eigenvalue weighted by Crippen LogP contribution is -2.43. The normalized spacial score (nSPS) is 24.6. The van der Waals surface area contributed by atoms with Gasteiger partial charge in [0.2, 0.25) is 5.95 Å². The molecule has 1 saturated heterocycles. The van der Waals surface area contributed by atoms with E-state index in [1.54, 1.807) is 7.11 Å². The number of hydrogen-bond acceptors (Lipinski definition) is 6. The summed E-state index contributed by atoms with van der Waals surface area (Å²) >= 11 is 0. The second-order valence-corrected chi connectivity index (χ2v) is 7.12. The zero-order valence-corrected chi connectivity index (χ0v) is 15.4. The van der Waals surface area contributed by atoms with Crippen LogP contribution in [0.2, 0.25) is 0 Å². The number of nitrogens with zero attached hydrogens (tertiary/aromatic N) is 3. The summed E-state index contributed by atoms with van der Waals surface area (Å²) in [7, 11) is 3.51. The molecule has 2 bridgehead atoms. The molecule has 4 rings (SSSR count). The van der Waals surface area contributed by atoms with Gasteiger partial charge in [-0.15, -0.1) is 0 Å². The third-order valence-corrected chi connectivity index (χ3v) is 5.64. The van der Waals surface area contributed by atoms with E-state index in [2.05, 4.69) is 20.2 Å². The predicted octanol–water partition coefficient (Wildman–Crippen LogP) is 2.96. The van der Waals surface area contributed by atoms with Gasteiger partial charge in [0.05, 0.1) is 7.11 Å². The van der Waals surface area contributed by atoms with Crippen LogP contribution in [-0.4, -0.2) is 47.7 Å². The van der Waals surface area contributed by atoms with Crippen LogP contribution in [0.3, 0.4) is 0 Å². The standard InChI is InChI=1S/C20H26N4O2/c1-21-20-22-10-14(11-23-20)12-24-16-7-6-15(8-16)19(24)13-26-18-5-3-4-17(9-18)25-2/h3-5,9-11,15-16,19H,6-8,12-13H2,1-2H3,(H,21,22,23)/t15-,16-,19+/m1/s1. The molecule has 26 heavy (non-hydrogen) atoms.